The van der Waals surface area contributed by atoms with E-state index < -0.39 is 5.60 Å². The second kappa shape index (κ2) is 2.48. The molecule has 1 unspecified atom stereocenters. The molecular formula is C10H20O. The van der Waals surface area contributed by atoms with Crippen LogP contribution in [0.15, 0.2) is 0 Å². The Kier molecular flexibility index (Phi) is 2.04. The fraction of sp³-hybridized carbons (Fsp3) is 1.00. The van der Waals surface area contributed by atoms with Gasteiger partial charge < -0.3 is 5.11 Å². The van der Waals surface area contributed by atoms with Gasteiger partial charge >= 0.3 is 0 Å². The minimum absolute atomic E-state index is 0.334. The molecule has 0 amide bonds. The van der Waals surface area contributed by atoms with Crippen molar-refractivity contribution in [1.82, 2.24) is 0 Å². The first-order chi connectivity index (χ1) is 4.81. The van der Waals surface area contributed by atoms with E-state index in [9.17, 15) is 5.11 Å². The number of hydrogen-bond acceptors (Lipinski definition) is 1. The largest absolute Gasteiger partial charge is 0.390 e. The number of rotatable bonds is 0. The zero-order valence-electron chi connectivity index (χ0n) is 8.15. The van der Waals surface area contributed by atoms with Crippen LogP contribution in [-0.2, 0) is 0 Å². The molecule has 1 heteroatoms. The predicted octanol–water partition coefficient (Wildman–Crippen LogP) is 2.58. The van der Waals surface area contributed by atoms with E-state index in [2.05, 4.69) is 20.8 Å². The van der Waals surface area contributed by atoms with Crippen LogP contribution in [0.3, 0.4) is 0 Å². The van der Waals surface area contributed by atoms with Crippen LogP contribution in [0.4, 0.5) is 0 Å². The van der Waals surface area contributed by atoms with Crippen molar-refractivity contribution >= 4 is 0 Å². The molecule has 0 aromatic carbocycles. The summed E-state index contributed by atoms with van der Waals surface area (Å²) in [5, 5.41) is 9.88. The lowest BCUT2D eigenvalue weighted by molar-refractivity contribution is -0.0435. The van der Waals surface area contributed by atoms with Crippen LogP contribution in [0.25, 0.3) is 0 Å². The highest BCUT2D eigenvalue weighted by Gasteiger charge is 2.37. The van der Waals surface area contributed by atoms with Gasteiger partial charge in [-0.2, -0.15) is 0 Å². The third-order valence-corrected chi connectivity index (χ3v) is 2.55. The molecule has 0 radical (unpaired) electrons. The van der Waals surface area contributed by atoms with E-state index in [0.717, 1.165) is 12.8 Å². The molecule has 2 atom stereocenters. The van der Waals surface area contributed by atoms with E-state index in [0.29, 0.717) is 11.3 Å². The third-order valence-electron chi connectivity index (χ3n) is 2.55. The van der Waals surface area contributed by atoms with Crippen molar-refractivity contribution in [1.29, 1.82) is 0 Å². The van der Waals surface area contributed by atoms with Gasteiger partial charge in [-0.05, 0) is 37.5 Å². The summed E-state index contributed by atoms with van der Waals surface area (Å²) < 4.78 is 0. The van der Waals surface area contributed by atoms with Gasteiger partial charge in [-0.1, -0.05) is 20.8 Å². The second-order valence-electron chi connectivity index (χ2n) is 5.35. The molecule has 66 valence electrons. The van der Waals surface area contributed by atoms with E-state index >= 15 is 0 Å². The van der Waals surface area contributed by atoms with Gasteiger partial charge in [-0.25, -0.2) is 0 Å². The van der Waals surface area contributed by atoms with Gasteiger partial charge in [0.2, 0.25) is 0 Å². The van der Waals surface area contributed by atoms with Crippen molar-refractivity contribution < 1.29 is 5.11 Å². The SMILES string of the molecule is CC1CC(C)(C)C[C@](C)(O)C1. The Labute approximate surface area is 69.8 Å². The molecule has 1 nitrogen and oxygen atoms in total. The summed E-state index contributed by atoms with van der Waals surface area (Å²) in [6, 6.07) is 0. The Bertz CT molecular complexity index is 131. The molecule has 1 aliphatic carbocycles. The highest BCUT2D eigenvalue weighted by molar-refractivity contribution is 4.89. The third kappa shape index (κ3) is 2.48. The maximum absolute atomic E-state index is 9.88. The standard InChI is InChI=1S/C10H20O/c1-8-5-9(2,3)7-10(4,11)6-8/h8,11H,5-7H2,1-4H3/t8?,10-/m1/s1. The predicted molar refractivity (Wildman–Crippen MR) is 47.4 cm³/mol. The molecule has 1 saturated carbocycles. The summed E-state index contributed by atoms with van der Waals surface area (Å²) in [5.74, 6) is 0.675. The highest BCUT2D eigenvalue weighted by Crippen LogP contribution is 2.43. The quantitative estimate of drug-likeness (QED) is 0.571. The Balaban J connectivity index is 2.66. The normalized spacial score (nSPS) is 43.9. The summed E-state index contributed by atoms with van der Waals surface area (Å²) in [5.41, 5.74) is -0.0810. The van der Waals surface area contributed by atoms with E-state index in [-0.39, 0.29) is 0 Å². The molecule has 0 aliphatic heterocycles. The van der Waals surface area contributed by atoms with E-state index in [1.165, 1.54) is 6.42 Å². The molecule has 1 rings (SSSR count). The Morgan fingerprint density at radius 1 is 1.18 bits per heavy atom. The first kappa shape index (κ1) is 9.05. The van der Waals surface area contributed by atoms with Gasteiger partial charge in [0, 0.05) is 0 Å². The average molecular weight is 156 g/mol. The van der Waals surface area contributed by atoms with Gasteiger partial charge in [0.25, 0.3) is 0 Å². The van der Waals surface area contributed by atoms with Crippen molar-refractivity contribution in [3.63, 3.8) is 0 Å². The van der Waals surface area contributed by atoms with Gasteiger partial charge in [0.15, 0.2) is 0 Å². The van der Waals surface area contributed by atoms with Crippen LogP contribution < -0.4 is 0 Å². The summed E-state index contributed by atoms with van der Waals surface area (Å²) >= 11 is 0. The summed E-state index contributed by atoms with van der Waals surface area (Å²) in [6.45, 7) is 8.69. The van der Waals surface area contributed by atoms with Crippen LogP contribution in [0, 0.1) is 11.3 Å². The van der Waals surface area contributed by atoms with Gasteiger partial charge in [0.05, 0.1) is 5.60 Å². The van der Waals surface area contributed by atoms with Crippen molar-refractivity contribution in [2.24, 2.45) is 11.3 Å². The van der Waals surface area contributed by atoms with Crippen LogP contribution in [0.2, 0.25) is 0 Å². The molecule has 1 N–H and O–H groups in total. The Hall–Kier alpha value is -0.0400. The van der Waals surface area contributed by atoms with Gasteiger partial charge in [-0.3, -0.25) is 0 Å². The Morgan fingerprint density at radius 2 is 1.73 bits per heavy atom. The van der Waals surface area contributed by atoms with Gasteiger partial charge in [-0.15, -0.1) is 0 Å². The number of aliphatic hydroxyl groups is 1. The topological polar surface area (TPSA) is 20.2 Å². The van der Waals surface area contributed by atoms with Crippen molar-refractivity contribution in [2.45, 2.75) is 52.6 Å². The lowest BCUT2D eigenvalue weighted by atomic mass is 9.66. The molecule has 0 aromatic rings. The van der Waals surface area contributed by atoms with Crippen molar-refractivity contribution in [3.05, 3.63) is 0 Å². The lowest BCUT2D eigenvalue weighted by Crippen LogP contribution is -2.39. The molecular weight excluding hydrogens is 136 g/mol. The lowest BCUT2D eigenvalue weighted by Gasteiger charge is -2.42. The molecule has 0 aromatic heterocycles. The van der Waals surface area contributed by atoms with Crippen molar-refractivity contribution in [3.8, 4) is 0 Å². The van der Waals surface area contributed by atoms with Crippen LogP contribution >= 0.6 is 0 Å². The van der Waals surface area contributed by atoms with Crippen LogP contribution in [0.1, 0.15) is 47.0 Å². The monoisotopic (exact) mass is 156 g/mol. The zero-order valence-corrected chi connectivity index (χ0v) is 8.15. The molecule has 0 spiro atoms. The zero-order chi connectivity index (χ0) is 8.70. The molecule has 1 fully saturated rings. The second-order valence-corrected chi connectivity index (χ2v) is 5.35. The van der Waals surface area contributed by atoms with Crippen molar-refractivity contribution in [2.75, 3.05) is 0 Å². The summed E-state index contributed by atoms with van der Waals surface area (Å²) in [7, 11) is 0. The fourth-order valence-electron chi connectivity index (χ4n) is 2.94. The maximum Gasteiger partial charge on any atom is 0.0627 e. The average Bonchev–Trinajstić information content (AvgIpc) is 1.49. The first-order valence-electron chi connectivity index (χ1n) is 4.53. The molecule has 1 aliphatic rings. The van der Waals surface area contributed by atoms with E-state index in [1.807, 2.05) is 6.92 Å². The minimum Gasteiger partial charge on any atom is -0.390 e. The van der Waals surface area contributed by atoms with Gasteiger partial charge in [0.1, 0.15) is 0 Å². The fourth-order valence-corrected chi connectivity index (χ4v) is 2.94. The maximum atomic E-state index is 9.88. The highest BCUT2D eigenvalue weighted by atomic mass is 16.3. The molecule has 0 heterocycles. The molecule has 0 bridgehead atoms. The van der Waals surface area contributed by atoms with Crippen LogP contribution in [-0.4, -0.2) is 10.7 Å². The minimum atomic E-state index is -0.416. The molecule has 11 heavy (non-hydrogen) atoms. The smallest absolute Gasteiger partial charge is 0.0627 e. The van der Waals surface area contributed by atoms with Crippen LogP contribution in [0.5, 0.6) is 0 Å². The molecule has 0 saturated heterocycles. The van der Waals surface area contributed by atoms with E-state index in [4.69, 9.17) is 0 Å². The summed E-state index contributed by atoms with van der Waals surface area (Å²) in [6.07, 6.45) is 3.17. The number of hydrogen-bond donors (Lipinski definition) is 1. The first-order valence-corrected chi connectivity index (χ1v) is 4.53. The summed E-state index contributed by atoms with van der Waals surface area (Å²) in [4.78, 5) is 0. The van der Waals surface area contributed by atoms with E-state index in [1.54, 1.807) is 0 Å². The Morgan fingerprint density at radius 3 is 2.09 bits per heavy atom.